The number of rotatable bonds is 4. The molecule has 5 heteroatoms. The van der Waals surface area contributed by atoms with E-state index in [1.165, 1.54) is 7.11 Å². The van der Waals surface area contributed by atoms with Crippen LogP contribution in [0.15, 0.2) is 42.5 Å². The predicted octanol–water partition coefficient (Wildman–Crippen LogP) is 3.53. The Labute approximate surface area is 130 Å². The summed E-state index contributed by atoms with van der Waals surface area (Å²) in [5.41, 5.74) is 0.530. The third-order valence-corrected chi connectivity index (χ3v) is 3.60. The van der Waals surface area contributed by atoms with Crippen molar-refractivity contribution in [2.45, 2.75) is 0 Å². The predicted molar refractivity (Wildman–Crippen MR) is 83.7 cm³/mol. The van der Waals surface area contributed by atoms with Crippen molar-refractivity contribution in [3.8, 4) is 17.2 Å². The van der Waals surface area contributed by atoms with E-state index in [0.29, 0.717) is 22.8 Å². The molecule has 0 atom stereocenters. The van der Waals surface area contributed by atoms with Gasteiger partial charge in [0.2, 0.25) is 0 Å². The van der Waals surface area contributed by atoms with Crippen molar-refractivity contribution < 1.29 is 19.0 Å². The summed E-state index contributed by atoms with van der Waals surface area (Å²) in [7, 11) is 3.08. The summed E-state index contributed by atoms with van der Waals surface area (Å²) in [5, 5.41) is 0. The Hall–Kier alpha value is -1.76. The highest BCUT2D eigenvalue weighted by Gasteiger charge is 2.13. The quantitative estimate of drug-likeness (QED) is 0.460. The van der Waals surface area contributed by atoms with Crippen LogP contribution in [0.4, 0.5) is 0 Å². The van der Waals surface area contributed by atoms with Crippen molar-refractivity contribution in [3.63, 3.8) is 0 Å². The molecule has 0 aromatic heterocycles. The molecule has 0 fully saturated rings. The summed E-state index contributed by atoms with van der Waals surface area (Å²) < 4.78 is 16.5. The highest BCUT2D eigenvalue weighted by molar-refractivity contribution is 14.1. The Morgan fingerprint density at radius 2 is 1.70 bits per heavy atom. The van der Waals surface area contributed by atoms with Crippen LogP contribution in [-0.4, -0.2) is 20.2 Å². The van der Waals surface area contributed by atoms with Crippen molar-refractivity contribution in [2.75, 3.05) is 14.2 Å². The van der Waals surface area contributed by atoms with Crippen LogP contribution in [0.5, 0.6) is 17.2 Å². The van der Waals surface area contributed by atoms with E-state index in [2.05, 4.69) is 22.6 Å². The Balaban J connectivity index is 2.22. The standard InChI is InChI=1S/C15H13IO4/c1-18-13-8-7-10(9-14(13)19-2)20-15(17)11-5-3-4-6-12(11)16/h3-9H,1-2H3. The van der Waals surface area contributed by atoms with Gasteiger partial charge in [0.25, 0.3) is 0 Å². The van der Waals surface area contributed by atoms with Crippen LogP contribution in [0.2, 0.25) is 0 Å². The molecular formula is C15H13IO4. The van der Waals surface area contributed by atoms with Gasteiger partial charge in [-0.3, -0.25) is 0 Å². The molecule has 0 aliphatic rings. The lowest BCUT2D eigenvalue weighted by Gasteiger charge is -2.10. The second-order valence-corrected chi connectivity index (χ2v) is 5.05. The van der Waals surface area contributed by atoms with Gasteiger partial charge in [0.15, 0.2) is 11.5 Å². The molecule has 0 aliphatic heterocycles. The minimum atomic E-state index is -0.401. The van der Waals surface area contributed by atoms with E-state index in [-0.39, 0.29) is 0 Å². The fourth-order valence-corrected chi connectivity index (χ4v) is 2.28. The lowest BCUT2D eigenvalue weighted by Crippen LogP contribution is -2.10. The summed E-state index contributed by atoms with van der Waals surface area (Å²) >= 11 is 2.10. The second kappa shape index (κ2) is 6.60. The molecule has 20 heavy (non-hydrogen) atoms. The van der Waals surface area contributed by atoms with E-state index in [4.69, 9.17) is 14.2 Å². The van der Waals surface area contributed by atoms with Gasteiger partial charge in [0.05, 0.1) is 19.8 Å². The molecule has 0 spiro atoms. The number of hydrogen-bond donors (Lipinski definition) is 0. The first-order chi connectivity index (χ1) is 9.65. The second-order valence-electron chi connectivity index (χ2n) is 3.89. The monoisotopic (exact) mass is 384 g/mol. The maximum Gasteiger partial charge on any atom is 0.344 e. The molecule has 0 bridgehead atoms. The molecule has 0 radical (unpaired) electrons. The molecule has 0 unspecified atom stereocenters. The molecule has 0 aliphatic carbocycles. The molecule has 4 nitrogen and oxygen atoms in total. The largest absolute Gasteiger partial charge is 0.493 e. The van der Waals surface area contributed by atoms with Crippen molar-refractivity contribution in [2.24, 2.45) is 0 Å². The van der Waals surface area contributed by atoms with Crippen molar-refractivity contribution >= 4 is 28.6 Å². The van der Waals surface area contributed by atoms with Crippen LogP contribution in [-0.2, 0) is 0 Å². The smallest absolute Gasteiger partial charge is 0.344 e. The van der Waals surface area contributed by atoms with Gasteiger partial charge in [-0.05, 0) is 46.9 Å². The summed E-state index contributed by atoms with van der Waals surface area (Å²) in [6, 6.07) is 12.2. The first-order valence-electron chi connectivity index (χ1n) is 5.84. The Morgan fingerprint density at radius 1 is 1.00 bits per heavy atom. The van der Waals surface area contributed by atoms with Crippen LogP contribution in [0, 0.1) is 3.57 Å². The highest BCUT2D eigenvalue weighted by atomic mass is 127. The van der Waals surface area contributed by atoms with E-state index in [1.54, 1.807) is 37.4 Å². The van der Waals surface area contributed by atoms with E-state index in [0.717, 1.165) is 3.57 Å². The van der Waals surface area contributed by atoms with Crippen LogP contribution >= 0.6 is 22.6 Å². The van der Waals surface area contributed by atoms with Gasteiger partial charge in [-0.1, -0.05) is 12.1 Å². The first kappa shape index (κ1) is 14.6. The van der Waals surface area contributed by atoms with Gasteiger partial charge in [0, 0.05) is 9.64 Å². The number of halogens is 1. The van der Waals surface area contributed by atoms with Crippen LogP contribution in [0.1, 0.15) is 10.4 Å². The molecule has 0 N–H and O–H groups in total. The molecule has 2 aromatic rings. The molecule has 0 saturated carbocycles. The number of carbonyl (C=O) groups is 1. The van der Waals surface area contributed by atoms with Gasteiger partial charge in [0.1, 0.15) is 5.75 Å². The minimum Gasteiger partial charge on any atom is -0.493 e. The average Bonchev–Trinajstić information content (AvgIpc) is 2.47. The van der Waals surface area contributed by atoms with Crippen LogP contribution in [0.25, 0.3) is 0 Å². The maximum atomic E-state index is 12.1. The third-order valence-electron chi connectivity index (χ3n) is 2.66. The zero-order valence-corrected chi connectivity index (χ0v) is 13.2. The molecule has 2 aromatic carbocycles. The Bertz CT molecular complexity index is 625. The zero-order chi connectivity index (χ0) is 14.5. The van der Waals surface area contributed by atoms with Crippen molar-refractivity contribution in [1.29, 1.82) is 0 Å². The topological polar surface area (TPSA) is 44.8 Å². The molecule has 104 valence electrons. The van der Waals surface area contributed by atoms with Crippen LogP contribution < -0.4 is 14.2 Å². The number of benzene rings is 2. The third kappa shape index (κ3) is 3.22. The number of hydrogen-bond acceptors (Lipinski definition) is 4. The van der Waals surface area contributed by atoms with Gasteiger partial charge in [-0.25, -0.2) is 4.79 Å². The summed E-state index contributed by atoms with van der Waals surface area (Å²) in [4.78, 5) is 12.1. The van der Waals surface area contributed by atoms with Crippen molar-refractivity contribution in [3.05, 3.63) is 51.6 Å². The normalized spacial score (nSPS) is 9.95. The summed E-state index contributed by atoms with van der Waals surface area (Å²) in [6.45, 7) is 0. The average molecular weight is 384 g/mol. The number of carbonyl (C=O) groups excluding carboxylic acids is 1. The molecule has 2 rings (SSSR count). The SMILES string of the molecule is COc1ccc(OC(=O)c2ccccc2I)cc1OC. The fourth-order valence-electron chi connectivity index (χ4n) is 1.67. The molecule has 0 saturated heterocycles. The van der Waals surface area contributed by atoms with Crippen molar-refractivity contribution in [1.82, 2.24) is 0 Å². The van der Waals surface area contributed by atoms with Gasteiger partial charge < -0.3 is 14.2 Å². The van der Waals surface area contributed by atoms with Crippen LogP contribution in [0.3, 0.4) is 0 Å². The Kier molecular flexibility index (Phi) is 4.84. The molecule has 0 amide bonds. The zero-order valence-electron chi connectivity index (χ0n) is 11.1. The number of ether oxygens (including phenoxy) is 3. The summed E-state index contributed by atoms with van der Waals surface area (Å²) in [6.07, 6.45) is 0. The fraction of sp³-hybridized carbons (Fsp3) is 0.133. The van der Waals surface area contributed by atoms with E-state index < -0.39 is 5.97 Å². The van der Waals surface area contributed by atoms with E-state index >= 15 is 0 Å². The maximum absolute atomic E-state index is 12.1. The minimum absolute atomic E-state index is 0.401. The Morgan fingerprint density at radius 3 is 2.35 bits per heavy atom. The van der Waals surface area contributed by atoms with Gasteiger partial charge in [-0.2, -0.15) is 0 Å². The molecule has 0 heterocycles. The number of esters is 1. The lowest BCUT2D eigenvalue weighted by molar-refractivity contribution is 0.0733. The summed E-state index contributed by atoms with van der Waals surface area (Å²) in [5.74, 6) is 1.11. The molecular weight excluding hydrogens is 371 g/mol. The van der Waals surface area contributed by atoms with Gasteiger partial charge >= 0.3 is 5.97 Å². The number of methoxy groups -OCH3 is 2. The lowest BCUT2D eigenvalue weighted by atomic mass is 10.2. The highest BCUT2D eigenvalue weighted by Crippen LogP contribution is 2.31. The first-order valence-corrected chi connectivity index (χ1v) is 6.92. The van der Waals surface area contributed by atoms with E-state index in [1.807, 2.05) is 12.1 Å². The van der Waals surface area contributed by atoms with Gasteiger partial charge in [-0.15, -0.1) is 0 Å². The van der Waals surface area contributed by atoms with E-state index in [9.17, 15) is 4.79 Å².